The van der Waals surface area contributed by atoms with Crippen molar-refractivity contribution in [2.75, 3.05) is 5.32 Å². The molecular formula is C6H9IN2S. The molecular weight excluding hydrogens is 259 g/mol. The minimum absolute atomic E-state index is 0.474. The first kappa shape index (κ1) is 8.26. The molecule has 0 saturated heterocycles. The molecule has 0 atom stereocenters. The second-order valence-corrected chi connectivity index (χ2v) is 4.24. The van der Waals surface area contributed by atoms with Crippen LogP contribution in [0.15, 0.2) is 5.38 Å². The number of hydrogen-bond donors (Lipinski definition) is 1. The van der Waals surface area contributed by atoms with Crippen molar-refractivity contribution in [1.29, 1.82) is 0 Å². The molecule has 0 bridgehead atoms. The first-order valence-corrected chi connectivity index (χ1v) is 5.02. The Labute approximate surface area is 78.2 Å². The number of nitrogens with one attached hydrogen (secondary N) is 1. The lowest BCUT2D eigenvalue weighted by Gasteiger charge is -2.03. The normalized spacial score (nSPS) is 10.4. The maximum absolute atomic E-state index is 4.24. The Morgan fingerprint density at radius 3 is 2.80 bits per heavy atom. The molecule has 0 unspecified atom stereocenters. The molecule has 56 valence electrons. The van der Waals surface area contributed by atoms with Gasteiger partial charge in [-0.05, 0) is 36.4 Å². The number of halogens is 1. The number of nitrogens with zero attached hydrogens (tertiary/aromatic N) is 1. The summed E-state index contributed by atoms with van der Waals surface area (Å²) in [5.74, 6) is 0. The molecule has 2 nitrogen and oxygen atoms in total. The molecule has 1 aromatic rings. The zero-order valence-corrected chi connectivity index (χ0v) is 8.86. The van der Waals surface area contributed by atoms with Crippen LogP contribution in [-0.4, -0.2) is 11.0 Å². The van der Waals surface area contributed by atoms with Gasteiger partial charge < -0.3 is 5.32 Å². The van der Waals surface area contributed by atoms with Gasteiger partial charge >= 0.3 is 0 Å². The summed E-state index contributed by atoms with van der Waals surface area (Å²) in [5, 5.41) is 6.27. The van der Waals surface area contributed by atoms with Crippen LogP contribution in [0.2, 0.25) is 0 Å². The summed E-state index contributed by atoms with van der Waals surface area (Å²) in [6.45, 7) is 4.21. The average molecular weight is 268 g/mol. The predicted octanol–water partition coefficient (Wildman–Crippen LogP) is 2.57. The number of rotatable bonds is 2. The highest BCUT2D eigenvalue weighted by atomic mass is 127. The number of anilines is 1. The van der Waals surface area contributed by atoms with Crippen LogP contribution in [0.3, 0.4) is 0 Å². The van der Waals surface area contributed by atoms with Crippen molar-refractivity contribution >= 4 is 39.1 Å². The Bertz CT molecular complexity index is 209. The van der Waals surface area contributed by atoms with Gasteiger partial charge in [0, 0.05) is 11.4 Å². The van der Waals surface area contributed by atoms with Crippen LogP contribution >= 0.6 is 33.9 Å². The van der Waals surface area contributed by atoms with Crippen LogP contribution in [0.25, 0.3) is 0 Å². The summed E-state index contributed by atoms with van der Waals surface area (Å²) in [6, 6.07) is 0.474. The smallest absolute Gasteiger partial charge is 0.183 e. The van der Waals surface area contributed by atoms with E-state index in [0.29, 0.717) is 6.04 Å². The van der Waals surface area contributed by atoms with E-state index >= 15 is 0 Å². The summed E-state index contributed by atoms with van der Waals surface area (Å²) in [6.07, 6.45) is 0. The molecule has 0 radical (unpaired) electrons. The van der Waals surface area contributed by atoms with Gasteiger partial charge in [-0.15, -0.1) is 11.3 Å². The number of hydrogen-bond acceptors (Lipinski definition) is 3. The monoisotopic (exact) mass is 268 g/mol. The zero-order valence-electron chi connectivity index (χ0n) is 5.89. The van der Waals surface area contributed by atoms with E-state index in [1.807, 2.05) is 5.38 Å². The van der Waals surface area contributed by atoms with Gasteiger partial charge in [0.15, 0.2) is 5.13 Å². The fraction of sp³-hybridized carbons (Fsp3) is 0.500. The maximum atomic E-state index is 4.24. The van der Waals surface area contributed by atoms with E-state index in [1.54, 1.807) is 11.3 Å². The summed E-state index contributed by atoms with van der Waals surface area (Å²) >= 11 is 3.85. The molecule has 0 saturated carbocycles. The van der Waals surface area contributed by atoms with Crippen LogP contribution in [0.1, 0.15) is 13.8 Å². The minimum Gasteiger partial charge on any atom is -0.359 e. The van der Waals surface area contributed by atoms with Gasteiger partial charge in [-0.25, -0.2) is 4.98 Å². The van der Waals surface area contributed by atoms with Crippen LogP contribution in [0.4, 0.5) is 5.13 Å². The molecule has 0 fully saturated rings. The van der Waals surface area contributed by atoms with Gasteiger partial charge in [-0.3, -0.25) is 0 Å². The lowest BCUT2D eigenvalue weighted by molar-refractivity contribution is 0.895. The largest absolute Gasteiger partial charge is 0.359 e. The average Bonchev–Trinajstić information content (AvgIpc) is 2.13. The zero-order chi connectivity index (χ0) is 7.56. The molecule has 1 N–H and O–H groups in total. The summed E-state index contributed by atoms with van der Waals surface area (Å²) in [7, 11) is 0. The third-order valence-electron chi connectivity index (χ3n) is 0.888. The van der Waals surface area contributed by atoms with Crippen LogP contribution < -0.4 is 5.32 Å². The van der Waals surface area contributed by atoms with Crippen LogP contribution in [0.5, 0.6) is 0 Å². The van der Waals surface area contributed by atoms with Crippen molar-refractivity contribution in [3.8, 4) is 0 Å². The minimum atomic E-state index is 0.474. The van der Waals surface area contributed by atoms with Crippen molar-refractivity contribution in [3.05, 3.63) is 9.08 Å². The third kappa shape index (κ3) is 2.42. The quantitative estimate of drug-likeness (QED) is 0.834. The second kappa shape index (κ2) is 3.52. The van der Waals surface area contributed by atoms with Crippen LogP contribution in [0, 0.1) is 3.70 Å². The Morgan fingerprint density at radius 1 is 1.70 bits per heavy atom. The van der Waals surface area contributed by atoms with Crippen molar-refractivity contribution in [2.45, 2.75) is 19.9 Å². The molecule has 0 aliphatic heterocycles. The van der Waals surface area contributed by atoms with Crippen molar-refractivity contribution in [3.63, 3.8) is 0 Å². The van der Waals surface area contributed by atoms with Gasteiger partial charge in [0.25, 0.3) is 0 Å². The molecule has 0 spiro atoms. The van der Waals surface area contributed by atoms with Gasteiger partial charge in [-0.2, -0.15) is 0 Å². The first-order chi connectivity index (χ1) is 4.68. The Balaban J connectivity index is 2.58. The van der Waals surface area contributed by atoms with Gasteiger partial charge in [0.1, 0.15) is 3.70 Å². The standard InChI is InChI=1S/C6H9IN2S/c1-4(2)8-6-9-5(7)3-10-6/h3-4H,1-2H3,(H,8,9). The molecule has 0 aromatic carbocycles. The summed E-state index contributed by atoms with van der Waals surface area (Å²) in [4.78, 5) is 4.24. The van der Waals surface area contributed by atoms with Crippen LogP contribution in [-0.2, 0) is 0 Å². The highest BCUT2D eigenvalue weighted by Gasteiger charge is 1.98. The molecule has 0 amide bonds. The number of thiazole rings is 1. The Hall–Kier alpha value is 0.160. The van der Waals surface area contributed by atoms with E-state index in [-0.39, 0.29) is 0 Å². The van der Waals surface area contributed by atoms with Gasteiger partial charge in [0.2, 0.25) is 0 Å². The Kier molecular flexibility index (Phi) is 2.91. The van der Waals surface area contributed by atoms with E-state index in [0.717, 1.165) is 8.83 Å². The molecule has 1 heterocycles. The lowest BCUT2D eigenvalue weighted by Crippen LogP contribution is -2.08. The van der Waals surface area contributed by atoms with Gasteiger partial charge in [0.05, 0.1) is 0 Å². The number of aromatic nitrogens is 1. The molecule has 0 aliphatic rings. The molecule has 1 aromatic heterocycles. The summed E-state index contributed by atoms with van der Waals surface area (Å²) in [5.41, 5.74) is 0. The topological polar surface area (TPSA) is 24.9 Å². The van der Waals surface area contributed by atoms with E-state index in [1.165, 1.54) is 0 Å². The van der Waals surface area contributed by atoms with Crippen molar-refractivity contribution in [2.24, 2.45) is 0 Å². The third-order valence-corrected chi connectivity index (χ3v) is 2.64. The molecule has 0 aliphatic carbocycles. The fourth-order valence-electron chi connectivity index (χ4n) is 0.567. The lowest BCUT2D eigenvalue weighted by atomic mass is 10.4. The molecule has 1 rings (SSSR count). The Morgan fingerprint density at radius 2 is 2.40 bits per heavy atom. The molecule has 4 heteroatoms. The van der Waals surface area contributed by atoms with E-state index in [9.17, 15) is 0 Å². The van der Waals surface area contributed by atoms with E-state index < -0.39 is 0 Å². The highest BCUT2D eigenvalue weighted by Crippen LogP contribution is 2.16. The second-order valence-electron chi connectivity index (χ2n) is 2.27. The maximum Gasteiger partial charge on any atom is 0.183 e. The summed E-state index contributed by atoms with van der Waals surface area (Å²) < 4.78 is 1.06. The predicted molar refractivity (Wildman–Crippen MR) is 53.6 cm³/mol. The first-order valence-electron chi connectivity index (χ1n) is 3.06. The molecule has 10 heavy (non-hydrogen) atoms. The van der Waals surface area contributed by atoms with Crippen molar-refractivity contribution < 1.29 is 0 Å². The highest BCUT2D eigenvalue weighted by molar-refractivity contribution is 14.1. The fourth-order valence-corrected chi connectivity index (χ4v) is 2.07. The van der Waals surface area contributed by atoms with E-state index in [4.69, 9.17) is 0 Å². The van der Waals surface area contributed by atoms with E-state index in [2.05, 4.69) is 46.7 Å². The van der Waals surface area contributed by atoms with Gasteiger partial charge in [-0.1, -0.05) is 0 Å². The van der Waals surface area contributed by atoms with Crippen molar-refractivity contribution in [1.82, 2.24) is 4.98 Å². The SMILES string of the molecule is CC(C)Nc1nc(I)cs1.